The highest BCUT2D eigenvalue weighted by Gasteiger charge is 2.10. The molecule has 1 aromatic carbocycles. The molecule has 0 bridgehead atoms. The standard InChI is InChI=1S/C13H13ClN2O2/c1-8(17)5-6-15-13(18)11-7-9-3-2-4-10(14)12(9)16-11/h2-4,7,16-17H,1,5-6H2,(H,15,18). The summed E-state index contributed by atoms with van der Waals surface area (Å²) in [6.45, 7) is 3.69. The maximum atomic E-state index is 11.8. The van der Waals surface area contributed by atoms with Crippen LogP contribution in [0.2, 0.25) is 5.02 Å². The van der Waals surface area contributed by atoms with E-state index in [4.69, 9.17) is 16.7 Å². The summed E-state index contributed by atoms with van der Waals surface area (Å²) >= 11 is 6.01. The molecule has 0 saturated heterocycles. The van der Waals surface area contributed by atoms with Gasteiger partial charge in [0, 0.05) is 18.4 Å². The van der Waals surface area contributed by atoms with Gasteiger partial charge >= 0.3 is 0 Å². The molecule has 18 heavy (non-hydrogen) atoms. The highest BCUT2D eigenvalue weighted by molar-refractivity contribution is 6.35. The summed E-state index contributed by atoms with van der Waals surface area (Å²) in [6.07, 6.45) is 0.340. The number of hydrogen-bond donors (Lipinski definition) is 3. The number of aromatic amines is 1. The Morgan fingerprint density at radius 3 is 2.94 bits per heavy atom. The predicted molar refractivity (Wildman–Crippen MR) is 72.0 cm³/mol. The number of carbonyl (C=O) groups is 1. The van der Waals surface area contributed by atoms with Crippen molar-refractivity contribution in [2.24, 2.45) is 0 Å². The Kier molecular flexibility index (Phi) is 3.58. The Morgan fingerprint density at radius 1 is 1.50 bits per heavy atom. The average Bonchev–Trinajstić information content (AvgIpc) is 2.74. The van der Waals surface area contributed by atoms with Crippen LogP contribution in [0.4, 0.5) is 0 Å². The zero-order valence-electron chi connectivity index (χ0n) is 9.66. The van der Waals surface area contributed by atoms with Gasteiger partial charge in [0.05, 0.1) is 16.3 Å². The summed E-state index contributed by atoms with van der Waals surface area (Å²) in [5.41, 5.74) is 1.19. The second kappa shape index (κ2) is 5.14. The van der Waals surface area contributed by atoms with Crippen LogP contribution in [-0.4, -0.2) is 22.5 Å². The second-order valence-corrected chi connectivity index (χ2v) is 4.37. The van der Waals surface area contributed by atoms with Gasteiger partial charge in [-0.05, 0) is 12.1 Å². The zero-order valence-corrected chi connectivity index (χ0v) is 10.4. The number of rotatable bonds is 4. The highest BCUT2D eigenvalue weighted by Crippen LogP contribution is 2.23. The maximum Gasteiger partial charge on any atom is 0.267 e. The number of nitrogens with one attached hydrogen (secondary N) is 2. The molecule has 0 unspecified atom stereocenters. The summed E-state index contributed by atoms with van der Waals surface area (Å²) in [4.78, 5) is 14.8. The Morgan fingerprint density at radius 2 is 2.28 bits per heavy atom. The first-order chi connectivity index (χ1) is 8.58. The van der Waals surface area contributed by atoms with Gasteiger partial charge in [-0.1, -0.05) is 30.3 Å². The molecule has 0 aliphatic rings. The summed E-state index contributed by atoms with van der Waals surface area (Å²) < 4.78 is 0. The molecule has 4 nitrogen and oxygen atoms in total. The van der Waals surface area contributed by atoms with E-state index in [1.807, 2.05) is 12.1 Å². The number of aromatic nitrogens is 1. The van der Waals surface area contributed by atoms with Crippen molar-refractivity contribution in [3.05, 3.63) is 47.3 Å². The molecule has 0 atom stereocenters. The first kappa shape index (κ1) is 12.5. The molecule has 5 heteroatoms. The van der Waals surface area contributed by atoms with Gasteiger partial charge in [0.25, 0.3) is 5.91 Å². The van der Waals surface area contributed by atoms with Crippen LogP contribution in [0.3, 0.4) is 0 Å². The lowest BCUT2D eigenvalue weighted by Gasteiger charge is -2.02. The van der Waals surface area contributed by atoms with Crippen molar-refractivity contribution in [3.63, 3.8) is 0 Å². The highest BCUT2D eigenvalue weighted by atomic mass is 35.5. The van der Waals surface area contributed by atoms with Gasteiger partial charge in [-0.25, -0.2) is 0 Å². The predicted octanol–water partition coefficient (Wildman–Crippen LogP) is 3.01. The number of benzene rings is 1. The smallest absolute Gasteiger partial charge is 0.267 e. The molecule has 0 fully saturated rings. The van der Waals surface area contributed by atoms with E-state index in [-0.39, 0.29) is 11.7 Å². The van der Waals surface area contributed by atoms with Gasteiger partial charge in [-0.15, -0.1) is 0 Å². The van der Waals surface area contributed by atoms with Crippen molar-refractivity contribution in [2.45, 2.75) is 6.42 Å². The van der Waals surface area contributed by atoms with Gasteiger partial charge in [0.2, 0.25) is 0 Å². The summed E-state index contributed by atoms with van der Waals surface area (Å²) in [7, 11) is 0. The Bertz CT molecular complexity index is 604. The minimum absolute atomic E-state index is 0.0509. The third kappa shape index (κ3) is 2.65. The number of carbonyl (C=O) groups excluding carboxylic acids is 1. The molecule has 0 aliphatic carbocycles. The van der Waals surface area contributed by atoms with Crippen molar-refractivity contribution in [1.29, 1.82) is 0 Å². The number of para-hydroxylation sites is 1. The summed E-state index contributed by atoms with van der Waals surface area (Å²) in [5.74, 6) is -0.182. The minimum Gasteiger partial charge on any atom is -0.513 e. The average molecular weight is 265 g/mol. The molecule has 0 saturated carbocycles. The molecular formula is C13H13ClN2O2. The van der Waals surface area contributed by atoms with Gasteiger partial charge < -0.3 is 15.4 Å². The molecule has 1 heterocycles. The number of halogens is 1. The van der Waals surface area contributed by atoms with Crippen LogP contribution in [0.1, 0.15) is 16.9 Å². The van der Waals surface area contributed by atoms with Gasteiger partial charge in [-0.2, -0.15) is 0 Å². The van der Waals surface area contributed by atoms with Gasteiger partial charge in [-0.3, -0.25) is 4.79 Å². The number of aliphatic hydroxyl groups excluding tert-OH is 1. The van der Waals surface area contributed by atoms with E-state index in [9.17, 15) is 4.79 Å². The second-order valence-electron chi connectivity index (χ2n) is 3.96. The number of hydrogen-bond acceptors (Lipinski definition) is 2. The monoisotopic (exact) mass is 264 g/mol. The molecule has 0 spiro atoms. The maximum absolute atomic E-state index is 11.8. The minimum atomic E-state index is -0.233. The Balaban J connectivity index is 2.13. The van der Waals surface area contributed by atoms with Crippen LogP contribution in [0, 0.1) is 0 Å². The van der Waals surface area contributed by atoms with Crippen molar-refractivity contribution < 1.29 is 9.90 Å². The molecule has 3 N–H and O–H groups in total. The molecule has 94 valence electrons. The lowest BCUT2D eigenvalue weighted by atomic mass is 10.2. The third-order valence-electron chi connectivity index (χ3n) is 2.55. The summed E-state index contributed by atoms with van der Waals surface area (Å²) in [5, 5.41) is 13.1. The Hall–Kier alpha value is -1.94. The Labute approximate surface area is 109 Å². The van der Waals surface area contributed by atoms with Crippen LogP contribution in [-0.2, 0) is 0 Å². The topological polar surface area (TPSA) is 65.1 Å². The van der Waals surface area contributed by atoms with E-state index in [1.54, 1.807) is 12.1 Å². The number of H-pyrrole nitrogens is 1. The first-order valence-electron chi connectivity index (χ1n) is 5.50. The van der Waals surface area contributed by atoms with Crippen LogP contribution in [0.25, 0.3) is 10.9 Å². The fraction of sp³-hybridized carbons (Fsp3) is 0.154. The van der Waals surface area contributed by atoms with Crippen molar-refractivity contribution in [3.8, 4) is 0 Å². The quantitative estimate of drug-likeness (QED) is 0.743. The van der Waals surface area contributed by atoms with Gasteiger partial charge in [0.15, 0.2) is 0 Å². The molecular weight excluding hydrogens is 252 g/mol. The fourth-order valence-electron chi connectivity index (χ4n) is 1.66. The van der Waals surface area contributed by atoms with E-state index in [1.165, 1.54) is 0 Å². The zero-order chi connectivity index (χ0) is 13.1. The number of fused-ring (bicyclic) bond motifs is 1. The van der Waals surface area contributed by atoms with E-state index < -0.39 is 0 Å². The molecule has 2 aromatic rings. The van der Waals surface area contributed by atoms with E-state index in [0.29, 0.717) is 23.7 Å². The number of aliphatic hydroxyl groups is 1. The normalized spacial score (nSPS) is 10.5. The van der Waals surface area contributed by atoms with Crippen LogP contribution < -0.4 is 5.32 Å². The number of amides is 1. The molecule has 0 aliphatic heterocycles. The SMILES string of the molecule is C=C(O)CCNC(=O)c1cc2cccc(Cl)c2[nH]1. The van der Waals surface area contributed by atoms with E-state index in [2.05, 4.69) is 16.9 Å². The molecule has 1 aromatic heterocycles. The van der Waals surface area contributed by atoms with E-state index in [0.717, 1.165) is 10.9 Å². The lowest BCUT2D eigenvalue weighted by Crippen LogP contribution is -2.24. The first-order valence-corrected chi connectivity index (χ1v) is 5.88. The largest absolute Gasteiger partial charge is 0.513 e. The fourth-order valence-corrected chi connectivity index (χ4v) is 1.89. The van der Waals surface area contributed by atoms with Crippen molar-refractivity contribution in [1.82, 2.24) is 10.3 Å². The van der Waals surface area contributed by atoms with Crippen molar-refractivity contribution in [2.75, 3.05) is 6.54 Å². The van der Waals surface area contributed by atoms with Crippen LogP contribution in [0.5, 0.6) is 0 Å². The third-order valence-corrected chi connectivity index (χ3v) is 2.86. The molecule has 1 amide bonds. The van der Waals surface area contributed by atoms with Gasteiger partial charge in [0.1, 0.15) is 5.69 Å². The summed E-state index contributed by atoms with van der Waals surface area (Å²) in [6, 6.07) is 7.21. The molecule has 2 rings (SSSR count). The molecule has 0 radical (unpaired) electrons. The van der Waals surface area contributed by atoms with Crippen LogP contribution >= 0.6 is 11.6 Å². The van der Waals surface area contributed by atoms with E-state index >= 15 is 0 Å². The van der Waals surface area contributed by atoms with Crippen LogP contribution in [0.15, 0.2) is 36.6 Å². The van der Waals surface area contributed by atoms with Crippen molar-refractivity contribution >= 4 is 28.4 Å². The lowest BCUT2D eigenvalue weighted by molar-refractivity contribution is 0.0949.